The molecule has 1 aliphatic heterocycles. The van der Waals surface area contributed by atoms with Crippen LogP contribution in [-0.2, 0) is 6.42 Å². The molecule has 1 unspecified atom stereocenters. The molecule has 1 aromatic heterocycles. The number of hydrogen-bond donors (Lipinski definition) is 1. The average molecular weight is 347 g/mol. The standard InChI is InChI=1S/C18H26N4OS/c1-21(2)12-14-9-11-22(13-14)18(23)19-10-5-8-17-20-15-6-3-4-7-16(15)24-17/h3-4,6-7,14H,5,8-13H2,1-2H3,(H,19,23). The second kappa shape index (κ2) is 7.94. The summed E-state index contributed by atoms with van der Waals surface area (Å²) in [5.74, 6) is 0.605. The van der Waals surface area contributed by atoms with Crippen LogP contribution in [0.3, 0.4) is 0 Å². The van der Waals surface area contributed by atoms with Crippen LogP contribution in [0.5, 0.6) is 0 Å². The van der Waals surface area contributed by atoms with Gasteiger partial charge in [-0.2, -0.15) is 0 Å². The second-order valence-corrected chi connectivity index (χ2v) is 7.89. The van der Waals surface area contributed by atoms with Crippen LogP contribution in [0.15, 0.2) is 24.3 Å². The summed E-state index contributed by atoms with van der Waals surface area (Å²) < 4.78 is 1.24. The lowest BCUT2D eigenvalue weighted by Gasteiger charge is -2.19. The largest absolute Gasteiger partial charge is 0.338 e. The van der Waals surface area contributed by atoms with E-state index in [1.54, 1.807) is 11.3 Å². The van der Waals surface area contributed by atoms with Gasteiger partial charge in [0.25, 0.3) is 0 Å². The maximum atomic E-state index is 12.2. The minimum Gasteiger partial charge on any atom is -0.338 e. The molecule has 1 fully saturated rings. The normalized spacial score (nSPS) is 17.8. The number of benzene rings is 1. The van der Waals surface area contributed by atoms with Gasteiger partial charge in [0.15, 0.2) is 0 Å². The molecule has 1 atom stereocenters. The molecule has 130 valence electrons. The van der Waals surface area contributed by atoms with Gasteiger partial charge in [-0.15, -0.1) is 11.3 Å². The van der Waals surface area contributed by atoms with Gasteiger partial charge in [0.2, 0.25) is 0 Å². The van der Waals surface area contributed by atoms with Crippen LogP contribution in [0.25, 0.3) is 10.2 Å². The number of rotatable bonds is 6. The number of thiazole rings is 1. The van der Waals surface area contributed by atoms with E-state index in [4.69, 9.17) is 0 Å². The predicted octanol–water partition coefficient (Wildman–Crippen LogP) is 2.82. The Labute approximate surface area is 147 Å². The molecule has 0 bridgehead atoms. The van der Waals surface area contributed by atoms with E-state index >= 15 is 0 Å². The second-order valence-electron chi connectivity index (χ2n) is 6.77. The van der Waals surface area contributed by atoms with E-state index in [0.717, 1.165) is 49.4 Å². The number of likely N-dealkylation sites (tertiary alicyclic amines) is 1. The molecule has 1 aromatic carbocycles. The lowest BCUT2D eigenvalue weighted by Crippen LogP contribution is -2.39. The Morgan fingerprint density at radius 1 is 1.42 bits per heavy atom. The van der Waals surface area contributed by atoms with E-state index in [9.17, 15) is 4.79 Å². The molecule has 6 heteroatoms. The predicted molar refractivity (Wildman–Crippen MR) is 99.6 cm³/mol. The summed E-state index contributed by atoms with van der Waals surface area (Å²) in [4.78, 5) is 21.0. The highest BCUT2D eigenvalue weighted by Gasteiger charge is 2.26. The number of nitrogens with one attached hydrogen (secondary N) is 1. The third kappa shape index (κ3) is 4.45. The summed E-state index contributed by atoms with van der Waals surface area (Å²) in [5.41, 5.74) is 1.07. The topological polar surface area (TPSA) is 48.5 Å². The van der Waals surface area contributed by atoms with Gasteiger partial charge in [-0.1, -0.05) is 12.1 Å². The van der Waals surface area contributed by atoms with Crippen LogP contribution in [0, 0.1) is 5.92 Å². The third-order valence-electron chi connectivity index (χ3n) is 4.38. The fourth-order valence-corrected chi connectivity index (χ4v) is 4.27. The van der Waals surface area contributed by atoms with Crippen molar-refractivity contribution in [2.45, 2.75) is 19.3 Å². The zero-order valence-corrected chi connectivity index (χ0v) is 15.3. The number of para-hydroxylation sites is 1. The Kier molecular flexibility index (Phi) is 5.68. The van der Waals surface area contributed by atoms with E-state index in [-0.39, 0.29) is 6.03 Å². The molecule has 24 heavy (non-hydrogen) atoms. The number of carbonyl (C=O) groups excluding carboxylic acids is 1. The van der Waals surface area contributed by atoms with Crippen molar-refractivity contribution in [3.8, 4) is 0 Å². The van der Waals surface area contributed by atoms with Crippen molar-refractivity contribution in [1.29, 1.82) is 0 Å². The van der Waals surface area contributed by atoms with Crippen molar-refractivity contribution in [3.63, 3.8) is 0 Å². The van der Waals surface area contributed by atoms with Crippen molar-refractivity contribution in [1.82, 2.24) is 20.1 Å². The maximum Gasteiger partial charge on any atom is 0.317 e. The van der Waals surface area contributed by atoms with Gasteiger partial charge < -0.3 is 15.1 Å². The Morgan fingerprint density at radius 3 is 3.04 bits per heavy atom. The molecule has 5 nitrogen and oxygen atoms in total. The van der Waals surface area contributed by atoms with Crippen LogP contribution in [0.2, 0.25) is 0 Å². The van der Waals surface area contributed by atoms with Crippen LogP contribution < -0.4 is 5.32 Å². The fourth-order valence-electron chi connectivity index (χ4n) is 3.26. The number of hydrogen-bond acceptors (Lipinski definition) is 4. The van der Waals surface area contributed by atoms with Crippen LogP contribution in [-0.4, -0.2) is 61.1 Å². The van der Waals surface area contributed by atoms with Crippen LogP contribution in [0.1, 0.15) is 17.8 Å². The highest BCUT2D eigenvalue weighted by atomic mass is 32.1. The van der Waals surface area contributed by atoms with Gasteiger partial charge in [0.1, 0.15) is 0 Å². The summed E-state index contributed by atoms with van der Waals surface area (Å²) in [6.07, 6.45) is 2.96. The molecule has 1 saturated heterocycles. The number of urea groups is 1. The van der Waals surface area contributed by atoms with E-state index in [1.165, 1.54) is 4.70 Å². The van der Waals surface area contributed by atoms with Gasteiger partial charge in [-0.05, 0) is 45.0 Å². The molecule has 2 amide bonds. The molecule has 3 rings (SSSR count). The van der Waals surface area contributed by atoms with Crippen molar-refractivity contribution < 1.29 is 4.79 Å². The van der Waals surface area contributed by atoms with E-state index in [0.29, 0.717) is 12.5 Å². The van der Waals surface area contributed by atoms with Crippen molar-refractivity contribution in [2.24, 2.45) is 5.92 Å². The van der Waals surface area contributed by atoms with Crippen molar-refractivity contribution >= 4 is 27.6 Å². The van der Waals surface area contributed by atoms with Gasteiger partial charge >= 0.3 is 6.03 Å². The third-order valence-corrected chi connectivity index (χ3v) is 5.47. The highest BCUT2D eigenvalue weighted by Crippen LogP contribution is 2.22. The van der Waals surface area contributed by atoms with E-state index in [2.05, 4.69) is 41.4 Å². The number of aromatic nitrogens is 1. The van der Waals surface area contributed by atoms with Crippen molar-refractivity contribution in [3.05, 3.63) is 29.3 Å². The summed E-state index contributed by atoms with van der Waals surface area (Å²) in [5, 5.41) is 4.20. The van der Waals surface area contributed by atoms with E-state index in [1.807, 2.05) is 17.0 Å². The van der Waals surface area contributed by atoms with Crippen LogP contribution in [0.4, 0.5) is 4.79 Å². The van der Waals surface area contributed by atoms with Gasteiger partial charge in [-0.25, -0.2) is 9.78 Å². The number of aryl methyl sites for hydroxylation is 1. The number of carbonyl (C=O) groups is 1. The SMILES string of the molecule is CN(C)CC1CCN(C(=O)NCCCc2nc3ccccc3s2)C1. The maximum absolute atomic E-state index is 12.2. The Balaban J connectivity index is 1.38. The molecule has 0 spiro atoms. The molecule has 2 aromatic rings. The van der Waals surface area contributed by atoms with Crippen molar-refractivity contribution in [2.75, 3.05) is 40.3 Å². The Hall–Kier alpha value is -1.66. The van der Waals surface area contributed by atoms with E-state index < -0.39 is 0 Å². The van der Waals surface area contributed by atoms with Gasteiger partial charge in [0, 0.05) is 32.6 Å². The number of fused-ring (bicyclic) bond motifs is 1. The molecular formula is C18H26N4OS. The first-order valence-electron chi connectivity index (χ1n) is 8.64. The zero-order chi connectivity index (χ0) is 16.9. The first kappa shape index (κ1) is 17.2. The minimum absolute atomic E-state index is 0.0838. The summed E-state index contributed by atoms with van der Waals surface area (Å²) in [6, 6.07) is 8.31. The fraction of sp³-hybridized carbons (Fsp3) is 0.556. The molecule has 0 radical (unpaired) electrons. The Bertz CT molecular complexity index is 651. The Morgan fingerprint density at radius 2 is 2.25 bits per heavy atom. The molecule has 1 aliphatic rings. The summed E-state index contributed by atoms with van der Waals surface area (Å²) in [6.45, 7) is 3.52. The first-order valence-corrected chi connectivity index (χ1v) is 9.45. The smallest absolute Gasteiger partial charge is 0.317 e. The van der Waals surface area contributed by atoms with Crippen LogP contribution >= 0.6 is 11.3 Å². The minimum atomic E-state index is 0.0838. The monoisotopic (exact) mass is 346 g/mol. The highest BCUT2D eigenvalue weighted by molar-refractivity contribution is 7.18. The average Bonchev–Trinajstić information content (AvgIpc) is 3.17. The molecule has 1 N–H and O–H groups in total. The number of nitrogens with zero attached hydrogens (tertiary/aromatic N) is 3. The first-order chi connectivity index (χ1) is 11.6. The van der Waals surface area contributed by atoms with Gasteiger partial charge in [0.05, 0.1) is 15.2 Å². The summed E-state index contributed by atoms with van der Waals surface area (Å²) in [7, 11) is 4.18. The van der Waals surface area contributed by atoms with Gasteiger partial charge in [-0.3, -0.25) is 0 Å². The lowest BCUT2D eigenvalue weighted by molar-refractivity contribution is 0.205. The molecule has 2 heterocycles. The number of amides is 2. The molecular weight excluding hydrogens is 320 g/mol. The quantitative estimate of drug-likeness (QED) is 0.818. The lowest BCUT2D eigenvalue weighted by atomic mass is 10.1. The summed E-state index contributed by atoms with van der Waals surface area (Å²) >= 11 is 1.75. The molecule has 0 aliphatic carbocycles. The molecule has 0 saturated carbocycles. The zero-order valence-electron chi connectivity index (χ0n) is 14.5.